The van der Waals surface area contributed by atoms with Crippen LogP contribution in [0.3, 0.4) is 0 Å². The molecule has 16 heavy (non-hydrogen) atoms. The van der Waals surface area contributed by atoms with Crippen LogP contribution in [0.25, 0.3) is 0 Å². The molecule has 0 aliphatic heterocycles. The molecule has 3 nitrogen and oxygen atoms in total. The minimum atomic E-state index is -0.928. The Hall–Kier alpha value is -1.08. The van der Waals surface area contributed by atoms with Gasteiger partial charge in [0.1, 0.15) is 10.6 Å². The van der Waals surface area contributed by atoms with E-state index < -0.39 is 5.97 Å². The van der Waals surface area contributed by atoms with Crippen LogP contribution < -0.4 is 4.74 Å². The van der Waals surface area contributed by atoms with E-state index in [2.05, 4.69) is 22.6 Å². The first kappa shape index (κ1) is 11.4. The molecule has 0 fully saturated rings. The molecule has 0 amide bonds. The summed E-state index contributed by atoms with van der Waals surface area (Å²) in [7, 11) is 0. The largest absolute Gasteiger partial charge is 0.477 e. The van der Waals surface area contributed by atoms with E-state index in [1.165, 1.54) is 6.07 Å². The smallest absolute Gasteiger partial charge is 0.345 e. The Bertz CT molecular complexity index is 504. The first-order chi connectivity index (χ1) is 7.65. The van der Waals surface area contributed by atoms with Gasteiger partial charge in [-0.25, -0.2) is 4.79 Å². The maximum Gasteiger partial charge on any atom is 0.345 e. The van der Waals surface area contributed by atoms with Gasteiger partial charge in [0.05, 0.1) is 0 Å². The number of carbonyl (C=O) groups is 1. The van der Waals surface area contributed by atoms with E-state index in [0.29, 0.717) is 10.8 Å². The zero-order valence-electron chi connectivity index (χ0n) is 8.01. The van der Waals surface area contributed by atoms with Gasteiger partial charge in [-0.3, -0.25) is 0 Å². The number of benzene rings is 1. The number of ether oxygens (including phenoxy) is 1. The molecule has 82 valence electrons. The van der Waals surface area contributed by atoms with E-state index in [1.54, 1.807) is 6.07 Å². The van der Waals surface area contributed by atoms with Crippen LogP contribution in [-0.4, -0.2) is 11.1 Å². The summed E-state index contributed by atoms with van der Waals surface area (Å²) < 4.78 is 6.64. The molecule has 1 heterocycles. The monoisotopic (exact) mass is 346 g/mol. The summed E-state index contributed by atoms with van der Waals surface area (Å²) >= 11 is 3.33. The molecule has 1 N–H and O–H groups in total. The van der Waals surface area contributed by atoms with Crippen molar-refractivity contribution in [1.29, 1.82) is 0 Å². The predicted molar refractivity (Wildman–Crippen MR) is 70.5 cm³/mol. The molecule has 0 unspecified atom stereocenters. The van der Waals surface area contributed by atoms with Gasteiger partial charge in [-0.15, -0.1) is 0 Å². The fraction of sp³-hybridized carbons (Fsp3) is 0. The maximum absolute atomic E-state index is 10.7. The van der Waals surface area contributed by atoms with Crippen molar-refractivity contribution in [2.45, 2.75) is 0 Å². The average molecular weight is 346 g/mol. The van der Waals surface area contributed by atoms with E-state index >= 15 is 0 Å². The third-order valence-corrected chi connectivity index (χ3v) is 3.49. The van der Waals surface area contributed by atoms with Crippen molar-refractivity contribution in [3.8, 4) is 10.8 Å². The number of carboxylic acids is 1. The van der Waals surface area contributed by atoms with Gasteiger partial charge in [0.25, 0.3) is 0 Å². The van der Waals surface area contributed by atoms with E-state index in [4.69, 9.17) is 9.84 Å². The number of carboxylic acid groups (broad SMARTS) is 1. The summed E-state index contributed by atoms with van der Waals surface area (Å²) in [6.07, 6.45) is 0. The van der Waals surface area contributed by atoms with Crippen molar-refractivity contribution in [3.05, 3.63) is 44.8 Å². The Balaban J connectivity index is 2.14. The van der Waals surface area contributed by atoms with Gasteiger partial charge in [0, 0.05) is 3.57 Å². The topological polar surface area (TPSA) is 46.5 Å². The molecule has 0 bridgehead atoms. The van der Waals surface area contributed by atoms with Crippen molar-refractivity contribution < 1.29 is 14.6 Å². The second kappa shape index (κ2) is 4.84. The number of halogens is 1. The Labute approximate surface area is 110 Å². The third kappa shape index (κ3) is 2.73. The molecular weight excluding hydrogens is 339 g/mol. The number of rotatable bonds is 3. The van der Waals surface area contributed by atoms with E-state index in [9.17, 15) is 4.79 Å². The van der Waals surface area contributed by atoms with Crippen LogP contribution in [0, 0.1) is 3.57 Å². The lowest BCUT2D eigenvalue weighted by atomic mass is 10.3. The highest BCUT2D eigenvalue weighted by atomic mass is 127. The Kier molecular flexibility index (Phi) is 3.45. The average Bonchev–Trinajstić information content (AvgIpc) is 2.70. The Morgan fingerprint density at radius 1 is 1.19 bits per heavy atom. The molecule has 0 aliphatic rings. The second-order valence-corrected chi connectivity index (χ2v) is 5.27. The fourth-order valence-electron chi connectivity index (χ4n) is 1.11. The number of hydrogen-bond acceptors (Lipinski definition) is 3. The Morgan fingerprint density at radius 2 is 1.88 bits per heavy atom. The van der Waals surface area contributed by atoms with Gasteiger partial charge in [0.2, 0.25) is 0 Å². The van der Waals surface area contributed by atoms with Crippen LogP contribution in [0.1, 0.15) is 9.67 Å². The molecule has 5 heteroatoms. The van der Waals surface area contributed by atoms with Gasteiger partial charge in [-0.1, -0.05) is 11.3 Å². The minimum absolute atomic E-state index is 0.278. The first-order valence-electron chi connectivity index (χ1n) is 4.42. The molecule has 0 saturated heterocycles. The van der Waals surface area contributed by atoms with Crippen LogP contribution in [0.5, 0.6) is 10.8 Å². The van der Waals surface area contributed by atoms with Gasteiger partial charge >= 0.3 is 5.97 Å². The van der Waals surface area contributed by atoms with Crippen LogP contribution >= 0.6 is 33.9 Å². The van der Waals surface area contributed by atoms with Gasteiger partial charge in [0.15, 0.2) is 5.06 Å². The normalized spacial score (nSPS) is 10.1. The van der Waals surface area contributed by atoms with Crippen molar-refractivity contribution in [2.75, 3.05) is 0 Å². The van der Waals surface area contributed by atoms with Crippen LogP contribution in [-0.2, 0) is 0 Å². The molecule has 0 atom stereocenters. The van der Waals surface area contributed by atoms with Gasteiger partial charge in [-0.2, -0.15) is 0 Å². The van der Waals surface area contributed by atoms with Crippen LogP contribution in [0.4, 0.5) is 0 Å². The van der Waals surface area contributed by atoms with Gasteiger partial charge < -0.3 is 9.84 Å². The number of hydrogen-bond donors (Lipinski definition) is 1. The SMILES string of the molecule is O=C(O)c1ccc(Oc2ccc(I)cc2)s1. The van der Waals surface area contributed by atoms with Crippen LogP contribution in [0.2, 0.25) is 0 Å². The van der Waals surface area contributed by atoms with E-state index in [1.807, 2.05) is 24.3 Å². The summed E-state index contributed by atoms with van der Waals surface area (Å²) in [4.78, 5) is 10.9. The lowest BCUT2D eigenvalue weighted by Gasteiger charge is -2.01. The molecular formula is C11H7IO3S. The number of thiophene rings is 1. The fourth-order valence-corrected chi connectivity index (χ4v) is 2.18. The molecule has 1 aromatic heterocycles. The van der Waals surface area contributed by atoms with Crippen LogP contribution in [0.15, 0.2) is 36.4 Å². The molecule has 2 rings (SSSR count). The summed E-state index contributed by atoms with van der Waals surface area (Å²) in [5, 5.41) is 9.34. The van der Waals surface area contributed by atoms with E-state index in [-0.39, 0.29) is 4.88 Å². The standard InChI is InChI=1S/C11H7IO3S/c12-7-1-3-8(4-2-7)15-10-6-5-9(16-10)11(13)14/h1-6H,(H,13,14). The molecule has 0 aliphatic carbocycles. The lowest BCUT2D eigenvalue weighted by Crippen LogP contribution is -1.89. The quantitative estimate of drug-likeness (QED) is 0.859. The maximum atomic E-state index is 10.7. The van der Waals surface area contributed by atoms with Crippen molar-refractivity contribution in [3.63, 3.8) is 0 Å². The lowest BCUT2D eigenvalue weighted by molar-refractivity contribution is 0.0702. The van der Waals surface area contributed by atoms with Crippen molar-refractivity contribution in [1.82, 2.24) is 0 Å². The summed E-state index contributed by atoms with van der Waals surface area (Å²) in [5.41, 5.74) is 0. The third-order valence-electron chi connectivity index (χ3n) is 1.82. The minimum Gasteiger partial charge on any atom is -0.477 e. The highest BCUT2D eigenvalue weighted by Gasteiger charge is 2.07. The van der Waals surface area contributed by atoms with E-state index in [0.717, 1.165) is 14.9 Å². The molecule has 1 aromatic carbocycles. The molecule has 0 spiro atoms. The zero-order chi connectivity index (χ0) is 11.5. The molecule has 0 saturated carbocycles. The highest BCUT2D eigenvalue weighted by molar-refractivity contribution is 14.1. The second-order valence-electron chi connectivity index (χ2n) is 2.98. The first-order valence-corrected chi connectivity index (χ1v) is 6.31. The number of aromatic carboxylic acids is 1. The Morgan fingerprint density at radius 3 is 2.44 bits per heavy atom. The predicted octanol–water partition coefficient (Wildman–Crippen LogP) is 3.84. The summed E-state index contributed by atoms with van der Waals surface area (Å²) in [6, 6.07) is 10.8. The zero-order valence-corrected chi connectivity index (χ0v) is 11.0. The highest BCUT2D eigenvalue weighted by Crippen LogP contribution is 2.29. The van der Waals surface area contributed by atoms with Crippen molar-refractivity contribution >= 4 is 39.9 Å². The van der Waals surface area contributed by atoms with Crippen molar-refractivity contribution in [2.24, 2.45) is 0 Å². The summed E-state index contributed by atoms with van der Waals surface area (Å²) in [5.74, 6) is -0.221. The van der Waals surface area contributed by atoms with Gasteiger partial charge in [-0.05, 0) is 59.0 Å². The summed E-state index contributed by atoms with van der Waals surface area (Å²) in [6.45, 7) is 0. The molecule has 0 radical (unpaired) electrons. The molecule has 2 aromatic rings.